The Morgan fingerprint density at radius 1 is 1.20 bits per heavy atom. The lowest BCUT2D eigenvalue weighted by Gasteiger charge is -2.06. The van der Waals surface area contributed by atoms with Crippen molar-refractivity contribution in [2.75, 3.05) is 12.3 Å². The molecule has 2 heterocycles. The predicted molar refractivity (Wildman–Crippen MR) is 74.7 cm³/mol. The lowest BCUT2D eigenvalue weighted by atomic mass is 10.3. The fourth-order valence-corrected chi connectivity index (χ4v) is 1.84. The number of fused-ring (bicyclic) bond motifs is 1. The average Bonchev–Trinajstić information content (AvgIpc) is 2.88. The summed E-state index contributed by atoms with van der Waals surface area (Å²) in [4.78, 5) is 12.3. The maximum atomic E-state index is 5.70. The lowest BCUT2D eigenvalue weighted by Crippen LogP contribution is -2.10. The van der Waals surface area contributed by atoms with Gasteiger partial charge in [-0.25, -0.2) is 0 Å². The summed E-state index contributed by atoms with van der Waals surface area (Å²) < 4.78 is 7.02. The Morgan fingerprint density at radius 3 is 2.90 bits per heavy atom. The molecule has 0 radical (unpaired) electrons. The molecule has 1 aromatic carbocycles. The molecule has 0 saturated heterocycles. The molecule has 0 fully saturated rings. The Labute approximate surface area is 115 Å². The van der Waals surface area contributed by atoms with Gasteiger partial charge in [0.2, 0.25) is 5.95 Å². The molecule has 2 N–H and O–H groups in total. The highest BCUT2D eigenvalue weighted by molar-refractivity contribution is 5.79. The van der Waals surface area contributed by atoms with Crippen molar-refractivity contribution in [1.82, 2.24) is 24.7 Å². The van der Waals surface area contributed by atoms with E-state index in [-0.39, 0.29) is 12.0 Å². The Morgan fingerprint density at radius 2 is 2.05 bits per heavy atom. The van der Waals surface area contributed by atoms with Crippen LogP contribution < -0.4 is 10.5 Å². The van der Waals surface area contributed by atoms with Crippen molar-refractivity contribution in [3.8, 4) is 12.0 Å². The number of benzene rings is 1. The summed E-state index contributed by atoms with van der Waals surface area (Å²) in [6.45, 7) is 2.54. The maximum Gasteiger partial charge on any atom is 0.323 e. The molecular weight excluding hydrogens is 256 g/mol. The molecule has 0 atom stereocenters. The van der Waals surface area contributed by atoms with Crippen molar-refractivity contribution in [2.24, 2.45) is 0 Å². The smallest absolute Gasteiger partial charge is 0.323 e. The van der Waals surface area contributed by atoms with Crippen LogP contribution >= 0.6 is 0 Å². The second-order valence-corrected chi connectivity index (χ2v) is 4.24. The minimum atomic E-state index is 0.112. The number of hydrogen-bond donors (Lipinski definition) is 1. The van der Waals surface area contributed by atoms with Gasteiger partial charge in [-0.05, 0) is 12.5 Å². The van der Waals surface area contributed by atoms with Crippen LogP contribution in [0, 0.1) is 0 Å². The number of nitrogens with two attached hydrogens (primary N) is 1. The number of nitrogens with zero attached hydrogens (tertiary/aromatic N) is 5. The van der Waals surface area contributed by atoms with Gasteiger partial charge in [0.15, 0.2) is 0 Å². The number of hydrogen-bond acceptors (Lipinski definition) is 6. The van der Waals surface area contributed by atoms with Gasteiger partial charge >= 0.3 is 6.01 Å². The van der Waals surface area contributed by atoms with E-state index >= 15 is 0 Å². The first-order valence-corrected chi connectivity index (χ1v) is 6.35. The van der Waals surface area contributed by atoms with Gasteiger partial charge < -0.3 is 10.5 Å². The number of ether oxygens (including phenoxy) is 1. The summed E-state index contributed by atoms with van der Waals surface area (Å²) in [5.74, 6) is 0.463. The average molecular weight is 270 g/mol. The molecule has 7 nitrogen and oxygen atoms in total. The largest absolute Gasteiger partial charge is 0.463 e. The van der Waals surface area contributed by atoms with Gasteiger partial charge in [0, 0.05) is 5.39 Å². The molecule has 2 aromatic heterocycles. The SMILES string of the molecule is CCCOc1nc(N)nc(-n2ncc3ccccc32)n1. The van der Waals surface area contributed by atoms with Crippen molar-refractivity contribution in [1.29, 1.82) is 0 Å². The number of anilines is 1. The van der Waals surface area contributed by atoms with Gasteiger partial charge in [-0.15, -0.1) is 0 Å². The van der Waals surface area contributed by atoms with Crippen molar-refractivity contribution < 1.29 is 4.74 Å². The van der Waals surface area contributed by atoms with Crippen LogP contribution in [0.5, 0.6) is 6.01 Å². The molecule has 0 aliphatic heterocycles. The van der Waals surface area contributed by atoms with Crippen molar-refractivity contribution in [2.45, 2.75) is 13.3 Å². The van der Waals surface area contributed by atoms with Gasteiger partial charge in [-0.1, -0.05) is 25.1 Å². The summed E-state index contributed by atoms with van der Waals surface area (Å²) in [7, 11) is 0. The quantitative estimate of drug-likeness (QED) is 0.773. The Balaban J connectivity index is 2.07. The highest BCUT2D eigenvalue weighted by Crippen LogP contribution is 2.17. The molecule has 0 aliphatic rings. The Bertz CT molecular complexity index is 739. The number of para-hydroxylation sites is 1. The molecular formula is C13H14N6O. The van der Waals surface area contributed by atoms with E-state index in [1.54, 1.807) is 10.9 Å². The van der Waals surface area contributed by atoms with Crippen LogP contribution in [-0.4, -0.2) is 31.3 Å². The van der Waals surface area contributed by atoms with E-state index in [4.69, 9.17) is 10.5 Å². The van der Waals surface area contributed by atoms with Gasteiger partial charge in [0.25, 0.3) is 5.95 Å². The first-order valence-electron chi connectivity index (χ1n) is 6.35. The van der Waals surface area contributed by atoms with E-state index in [2.05, 4.69) is 20.1 Å². The fourth-order valence-electron chi connectivity index (χ4n) is 1.84. The molecule has 0 bridgehead atoms. The number of aromatic nitrogens is 5. The van der Waals surface area contributed by atoms with Gasteiger partial charge in [0.05, 0.1) is 18.3 Å². The van der Waals surface area contributed by atoms with Crippen LogP contribution in [0.2, 0.25) is 0 Å². The third-order valence-corrected chi connectivity index (χ3v) is 2.72. The van der Waals surface area contributed by atoms with E-state index in [0.29, 0.717) is 12.6 Å². The Hall–Kier alpha value is -2.70. The summed E-state index contributed by atoms with van der Waals surface area (Å²) in [5, 5.41) is 5.28. The van der Waals surface area contributed by atoms with Crippen LogP contribution in [0.25, 0.3) is 16.9 Å². The first kappa shape index (κ1) is 12.3. The number of nitrogen functional groups attached to an aromatic ring is 1. The molecule has 0 saturated carbocycles. The lowest BCUT2D eigenvalue weighted by molar-refractivity contribution is 0.291. The van der Waals surface area contributed by atoms with Crippen LogP contribution in [-0.2, 0) is 0 Å². The zero-order valence-electron chi connectivity index (χ0n) is 11.0. The third-order valence-electron chi connectivity index (χ3n) is 2.72. The third kappa shape index (κ3) is 2.25. The fraction of sp³-hybridized carbons (Fsp3) is 0.231. The first-order chi connectivity index (χ1) is 9.78. The Kier molecular flexibility index (Phi) is 3.16. The molecule has 0 amide bonds. The minimum absolute atomic E-state index is 0.112. The molecule has 0 unspecified atom stereocenters. The van der Waals surface area contributed by atoms with Crippen LogP contribution in [0.4, 0.5) is 5.95 Å². The van der Waals surface area contributed by atoms with E-state index < -0.39 is 0 Å². The molecule has 0 aliphatic carbocycles. The van der Waals surface area contributed by atoms with E-state index in [9.17, 15) is 0 Å². The van der Waals surface area contributed by atoms with Crippen molar-refractivity contribution in [3.05, 3.63) is 30.5 Å². The summed E-state index contributed by atoms with van der Waals surface area (Å²) in [6, 6.07) is 8.01. The second kappa shape index (κ2) is 5.12. The topological polar surface area (TPSA) is 91.7 Å². The van der Waals surface area contributed by atoms with Crippen LogP contribution in [0.3, 0.4) is 0 Å². The van der Waals surface area contributed by atoms with Gasteiger partial charge in [-0.3, -0.25) is 0 Å². The van der Waals surface area contributed by atoms with Crippen LogP contribution in [0.15, 0.2) is 30.5 Å². The normalized spacial score (nSPS) is 10.8. The van der Waals surface area contributed by atoms with Crippen molar-refractivity contribution in [3.63, 3.8) is 0 Å². The monoisotopic (exact) mass is 270 g/mol. The van der Waals surface area contributed by atoms with Crippen molar-refractivity contribution >= 4 is 16.9 Å². The van der Waals surface area contributed by atoms with Crippen LogP contribution in [0.1, 0.15) is 13.3 Å². The number of rotatable bonds is 4. The summed E-state index contributed by atoms with van der Waals surface area (Å²) in [5.41, 5.74) is 6.60. The van der Waals surface area contributed by atoms with E-state index in [1.165, 1.54) is 0 Å². The van der Waals surface area contributed by atoms with Gasteiger partial charge in [0.1, 0.15) is 0 Å². The molecule has 3 rings (SSSR count). The molecule has 0 spiro atoms. The maximum absolute atomic E-state index is 5.70. The standard InChI is InChI=1S/C13H14N6O/c1-2-7-20-13-17-11(14)16-12(18-13)19-10-6-4-3-5-9(10)8-15-19/h3-6,8H,2,7H2,1H3,(H2,14,16,17,18). The summed E-state index contributed by atoms with van der Waals surface area (Å²) >= 11 is 0. The zero-order chi connectivity index (χ0) is 13.9. The highest BCUT2D eigenvalue weighted by Gasteiger charge is 2.10. The second-order valence-electron chi connectivity index (χ2n) is 4.24. The predicted octanol–water partition coefficient (Wildman–Crippen LogP) is 1.58. The molecule has 7 heteroatoms. The van der Waals surface area contributed by atoms with E-state index in [1.807, 2.05) is 31.2 Å². The molecule has 102 valence electrons. The minimum Gasteiger partial charge on any atom is -0.463 e. The highest BCUT2D eigenvalue weighted by atomic mass is 16.5. The summed E-state index contributed by atoms with van der Waals surface area (Å²) in [6.07, 6.45) is 2.62. The zero-order valence-corrected chi connectivity index (χ0v) is 11.0. The molecule has 20 heavy (non-hydrogen) atoms. The van der Waals surface area contributed by atoms with Gasteiger partial charge in [-0.2, -0.15) is 24.7 Å². The van der Waals surface area contributed by atoms with E-state index in [0.717, 1.165) is 17.3 Å². The molecule has 3 aromatic rings.